The molecule has 7 heteroatoms. The Kier molecular flexibility index (Phi) is 6.42. The molecule has 2 atom stereocenters. The fourth-order valence-electron chi connectivity index (χ4n) is 4.09. The highest BCUT2D eigenvalue weighted by Crippen LogP contribution is 2.34. The van der Waals surface area contributed by atoms with E-state index < -0.39 is 17.4 Å². The fraction of sp³-hybridized carbons (Fsp3) is 0.550. The number of thiol groups is 1. The van der Waals surface area contributed by atoms with Crippen LogP contribution in [0.15, 0.2) is 30.3 Å². The van der Waals surface area contributed by atoms with Crippen molar-refractivity contribution in [3.8, 4) is 0 Å². The van der Waals surface area contributed by atoms with Crippen LogP contribution < -0.4 is 0 Å². The monoisotopic (exact) mass is 390 g/mol. The average Bonchev–Trinajstić information content (AvgIpc) is 3.25. The number of carbonyl (C=O) groups is 3. The van der Waals surface area contributed by atoms with Gasteiger partial charge in [0.25, 0.3) is 5.91 Å². The third-order valence-corrected chi connectivity index (χ3v) is 5.96. The number of hydrogen-bond acceptors (Lipinski definition) is 4. The quantitative estimate of drug-likeness (QED) is 0.527. The summed E-state index contributed by atoms with van der Waals surface area (Å²) in [6.07, 6.45) is 5.13. The van der Waals surface area contributed by atoms with Gasteiger partial charge in [-0.2, -0.15) is 12.6 Å². The molecule has 1 aliphatic carbocycles. The van der Waals surface area contributed by atoms with Gasteiger partial charge >= 0.3 is 12.0 Å². The van der Waals surface area contributed by atoms with Crippen LogP contribution in [0.4, 0.5) is 4.79 Å². The molecule has 27 heavy (non-hydrogen) atoms. The second-order valence-electron chi connectivity index (χ2n) is 7.29. The van der Waals surface area contributed by atoms with Gasteiger partial charge in [0.2, 0.25) is 0 Å². The minimum atomic E-state index is -0.952. The normalized spacial score (nSPS) is 21.9. The number of benzene rings is 1. The van der Waals surface area contributed by atoms with Gasteiger partial charge in [-0.15, -0.1) is 0 Å². The number of carbonyl (C=O) groups excluding carboxylic acids is 2. The van der Waals surface area contributed by atoms with Crippen LogP contribution in [0.5, 0.6) is 0 Å². The Balaban J connectivity index is 1.72. The first kappa shape index (κ1) is 19.7. The van der Waals surface area contributed by atoms with Crippen LogP contribution in [0.25, 0.3) is 0 Å². The Morgan fingerprint density at radius 3 is 2.48 bits per heavy atom. The smallest absolute Gasteiger partial charge is 0.328 e. The highest BCUT2D eigenvalue weighted by molar-refractivity contribution is 7.80. The van der Waals surface area contributed by atoms with E-state index in [1.165, 1.54) is 4.90 Å². The van der Waals surface area contributed by atoms with Crippen molar-refractivity contribution in [1.29, 1.82) is 0 Å². The topological polar surface area (TPSA) is 77.9 Å². The molecular formula is C20H26N2O4S. The lowest BCUT2D eigenvalue weighted by Crippen LogP contribution is -2.43. The number of carboxylic acids is 1. The van der Waals surface area contributed by atoms with Gasteiger partial charge in [0, 0.05) is 12.5 Å². The van der Waals surface area contributed by atoms with Crippen molar-refractivity contribution in [2.75, 3.05) is 0 Å². The van der Waals surface area contributed by atoms with Crippen LogP contribution in [0, 0.1) is 0 Å². The molecule has 1 aromatic rings. The number of nitrogens with zero attached hydrogens (tertiary/aromatic N) is 2. The molecule has 6 nitrogen and oxygen atoms in total. The number of carboxylic acid groups (broad SMARTS) is 1. The highest BCUT2D eigenvalue weighted by atomic mass is 32.1. The van der Waals surface area contributed by atoms with Crippen LogP contribution in [-0.2, 0) is 16.0 Å². The highest BCUT2D eigenvalue weighted by Gasteiger charge is 2.49. The van der Waals surface area contributed by atoms with Crippen LogP contribution >= 0.6 is 12.6 Å². The number of aryl methyl sites for hydroxylation is 1. The van der Waals surface area contributed by atoms with Crippen LogP contribution in [0.3, 0.4) is 0 Å². The van der Waals surface area contributed by atoms with Gasteiger partial charge in [-0.3, -0.25) is 9.59 Å². The molecular weight excluding hydrogens is 364 g/mol. The first-order valence-electron chi connectivity index (χ1n) is 9.58. The maximum absolute atomic E-state index is 13.0. The third kappa shape index (κ3) is 4.46. The molecule has 0 radical (unpaired) electrons. The zero-order chi connectivity index (χ0) is 19.4. The molecule has 3 rings (SSSR count). The Bertz CT molecular complexity index is 690. The molecule has 1 saturated carbocycles. The number of rotatable bonds is 8. The van der Waals surface area contributed by atoms with Crippen LogP contribution in [-0.4, -0.2) is 50.3 Å². The zero-order valence-electron chi connectivity index (χ0n) is 15.3. The summed E-state index contributed by atoms with van der Waals surface area (Å²) >= 11 is 4.55. The molecule has 0 bridgehead atoms. The summed E-state index contributed by atoms with van der Waals surface area (Å²) in [6, 6.07) is 8.92. The number of urea groups is 1. The van der Waals surface area contributed by atoms with Crippen molar-refractivity contribution in [2.24, 2.45) is 0 Å². The molecule has 2 fully saturated rings. The van der Waals surface area contributed by atoms with Gasteiger partial charge in [-0.1, -0.05) is 43.2 Å². The second kappa shape index (κ2) is 8.78. The molecule has 2 aliphatic rings. The zero-order valence-corrected chi connectivity index (χ0v) is 16.2. The Morgan fingerprint density at radius 1 is 1.19 bits per heavy atom. The van der Waals surface area contributed by atoms with Gasteiger partial charge in [0.1, 0.15) is 6.04 Å². The Morgan fingerprint density at radius 2 is 1.85 bits per heavy atom. The summed E-state index contributed by atoms with van der Waals surface area (Å²) in [4.78, 5) is 39.9. The predicted molar refractivity (Wildman–Crippen MR) is 105 cm³/mol. The lowest BCUT2D eigenvalue weighted by atomic mass is 10.1. The van der Waals surface area contributed by atoms with Crippen molar-refractivity contribution in [3.05, 3.63) is 35.9 Å². The van der Waals surface area contributed by atoms with Gasteiger partial charge in [0.05, 0.1) is 5.37 Å². The van der Waals surface area contributed by atoms with E-state index >= 15 is 0 Å². The molecule has 1 heterocycles. The minimum absolute atomic E-state index is 0.0277. The van der Waals surface area contributed by atoms with Crippen molar-refractivity contribution in [1.82, 2.24) is 9.80 Å². The fourth-order valence-corrected chi connectivity index (χ4v) is 4.43. The van der Waals surface area contributed by atoms with Gasteiger partial charge in [-0.05, 0) is 37.7 Å². The molecule has 2 unspecified atom stereocenters. The molecule has 146 valence electrons. The molecule has 0 aromatic heterocycles. The Hall–Kier alpha value is -2.02. The van der Waals surface area contributed by atoms with Gasteiger partial charge in [-0.25, -0.2) is 9.69 Å². The average molecular weight is 391 g/mol. The van der Waals surface area contributed by atoms with E-state index in [0.29, 0.717) is 6.42 Å². The number of hydrogen-bond donors (Lipinski definition) is 2. The SMILES string of the molecule is O=C(O)CCC1C(=O)N(C(S)CCc2ccccc2)C(=O)N1C1CCCC1. The summed E-state index contributed by atoms with van der Waals surface area (Å²) in [5.74, 6) is -1.26. The van der Waals surface area contributed by atoms with Crippen molar-refractivity contribution in [3.63, 3.8) is 0 Å². The van der Waals surface area contributed by atoms with Crippen molar-refractivity contribution >= 4 is 30.5 Å². The van der Waals surface area contributed by atoms with Crippen molar-refractivity contribution < 1.29 is 19.5 Å². The molecule has 0 spiro atoms. The van der Waals surface area contributed by atoms with E-state index in [2.05, 4.69) is 12.6 Å². The summed E-state index contributed by atoms with van der Waals surface area (Å²) in [5, 5.41) is 8.51. The predicted octanol–water partition coefficient (Wildman–Crippen LogP) is 3.32. The van der Waals surface area contributed by atoms with E-state index in [1.807, 2.05) is 30.3 Å². The maximum atomic E-state index is 13.0. The maximum Gasteiger partial charge on any atom is 0.328 e. The van der Waals surface area contributed by atoms with E-state index in [4.69, 9.17) is 5.11 Å². The standard InChI is InChI=1S/C20H26N2O4S/c23-18(24)13-11-16-19(25)22(20(26)21(16)15-8-4-5-9-15)17(27)12-10-14-6-2-1-3-7-14/h1-3,6-7,15-17,27H,4-5,8-13H2,(H,23,24). The van der Waals surface area contributed by atoms with E-state index in [9.17, 15) is 14.4 Å². The van der Waals surface area contributed by atoms with Gasteiger partial charge in [0.15, 0.2) is 0 Å². The molecule has 1 N–H and O–H groups in total. The molecule has 1 saturated heterocycles. The van der Waals surface area contributed by atoms with E-state index in [0.717, 1.165) is 37.7 Å². The minimum Gasteiger partial charge on any atom is -0.481 e. The van der Waals surface area contributed by atoms with E-state index in [-0.39, 0.29) is 30.8 Å². The third-order valence-electron chi connectivity index (χ3n) is 5.47. The first-order valence-corrected chi connectivity index (χ1v) is 10.1. The summed E-state index contributed by atoms with van der Waals surface area (Å²) in [7, 11) is 0. The first-order chi connectivity index (χ1) is 13.0. The summed E-state index contributed by atoms with van der Waals surface area (Å²) < 4.78 is 0. The lowest BCUT2D eigenvalue weighted by Gasteiger charge is -2.28. The van der Waals surface area contributed by atoms with Crippen molar-refractivity contribution in [2.45, 2.75) is 68.8 Å². The largest absolute Gasteiger partial charge is 0.481 e. The second-order valence-corrected chi connectivity index (χ2v) is 7.89. The molecule has 1 aliphatic heterocycles. The number of aliphatic carboxylic acids is 1. The summed E-state index contributed by atoms with van der Waals surface area (Å²) in [5.41, 5.74) is 1.13. The lowest BCUT2D eigenvalue weighted by molar-refractivity contribution is -0.137. The molecule has 1 aromatic carbocycles. The summed E-state index contributed by atoms with van der Waals surface area (Å²) in [6.45, 7) is 0. The molecule has 3 amide bonds. The Labute approximate surface area is 164 Å². The number of imide groups is 1. The van der Waals surface area contributed by atoms with E-state index in [1.54, 1.807) is 4.90 Å². The number of amides is 3. The van der Waals surface area contributed by atoms with Crippen LogP contribution in [0.2, 0.25) is 0 Å². The van der Waals surface area contributed by atoms with Crippen LogP contribution in [0.1, 0.15) is 50.5 Å². The van der Waals surface area contributed by atoms with Gasteiger partial charge < -0.3 is 10.0 Å².